The molecule has 0 aromatic heterocycles. The van der Waals surface area contributed by atoms with Gasteiger partial charge in [-0.3, -0.25) is 9.59 Å². The van der Waals surface area contributed by atoms with E-state index in [4.69, 9.17) is 0 Å². The maximum atomic E-state index is 13.8. The smallest absolute Gasteiger partial charge is 0.241 e. The van der Waals surface area contributed by atoms with E-state index in [0.29, 0.717) is 0 Å². The van der Waals surface area contributed by atoms with Crippen LogP contribution in [0.4, 0.5) is 8.78 Å². The lowest BCUT2D eigenvalue weighted by Crippen LogP contribution is -2.48. The standard InChI is InChI=1S/C15H18F2N2O3/c1-10(20)18-9-13(21)19-7-5-15(22,6-8-19)14-11(16)3-2-4-12(14)17/h2-4,22H,5-9H2,1H3,(H,18,20). The van der Waals surface area contributed by atoms with E-state index in [9.17, 15) is 23.5 Å². The van der Waals surface area contributed by atoms with Crippen LogP contribution in [0.1, 0.15) is 25.3 Å². The van der Waals surface area contributed by atoms with Crippen LogP contribution in [0.15, 0.2) is 18.2 Å². The van der Waals surface area contributed by atoms with Crippen molar-refractivity contribution >= 4 is 11.8 Å². The van der Waals surface area contributed by atoms with Crippen LogP contribution in [0.5, 0.6) is 0 Å². The van der Waals surface area contributed by atoms with Crippen LogP contribution >= 0.6 is 0 Å². The molecule has 0 spiro atoms. The topological polar surface area (TPSA) is 69.6 Å². The molecule has 120 valence electrons. The number of carbonyl (C=O) groups excluding carboxylic acids is 2. The summed E-state index contributed by atoms with van der Waals surface area (Å²) in [6.07, 6.45) is 0.0767. The molecule has 0 saturated carbocycles. The van der Waals surface area contributed by atoms with Crippen LogP contribution in [0.25, 0.3) is 0 Å². The maximum Gasteiger partial charge on any atom is 0.241 e. The molecule has 22 heavy (non-hydrogen) atoms. The predicted molar refractivity (Wildman–Crippen MR) is 74.8 cm³/mol. The maximum absolute atomic E-state index is 13.8. The lowest BCUT2D eigenvalue weighted by Gasteiger charge is -2.38. The summed E-state index contributed by atoms with van der Waals surface area (Å²) in [7, 11) is 0. The van der Waals surface area contributed by atoms with Crippen LogP contribution < -0.4 is 5.32 Å². The first-order chi connectivity index (χ1) is 10.3. The second-order valence-electron chi connectivity index (χ2n) is 5.42. The fourth-order valence-electron chi connectivity index (χ4n) is 2.63. The molecule has 0 aliphatic carbocycles. The number of nitrogens with zero attached hydrogens (tertiary/aromatic N) is 1. The molecule has 2 amide bonds. The molecule has 0 atom stereocenters. The van der Waals surface area contributed by atoms with E-state index in [2.05, 4.69) is 5.32 Å². The SMILES string of the molecule is CC(=O)NCC(=O)N1CCC(O)(c2c(F)cccc2F)CC1. The Hall–Kier alpha value is -2.02. The van der Waals surface area contributed by atoms with E-state index in [1.165, 1.54) is 17.9 Å². The number of hydrogen-bond acceptors (Lipinski definition) is 3. The van der Waals surface area contributed by atoms with E-state index in [-0.39, 0.29) is 49.9 Å². The highest BCUT2D eigenvalue weighted by Crippen LogP contribution is 2.35. The molecule has 1 saturated heterocycles. The Morgan fingerprint density at radius 3 is 2.32 bits per heavy atom. The van der Waals surface area contributed by atoms with E-state index in [0.717, 1.165) is 12.1 Å². The Balaban J connectivity index is 2.04. The number of aliphatic hydroxyl groups is 1. The minimum absolute atomic E-state index is 0.0384. The largest absolute Gasteiger partial charge is 0.385 e. The molecule has 0 unspecified atom stereocenters. The summed E-state index contributed by atoms with van der Waals surface area (Å²) in [5.41, 5.74) is -1.97. The molecular formula is C15H18F2N2O3. The Labute approximate surface area is 126 Å². The van der Waals surface area contributed by atoms with Gasteiger partial charge < -0.3 is 15.3 Å². The van der Waals surface area contributed by atoms with Crippen molar-refractivity contribution in [3.8, 4) is 0 Å². The first-order valence-electron chi connectivity index (χ1n) is 7.02. The van der Waals surface area contributed by atoms with Gasteiger partial charge in [-0.05, 0) is 25.0 Å². The fourth-order valence-corrected chi connectivity index (χ4v) is 2.63. The summed E-state index contributed by atoms with van der Waals surface area (Å²) in [6.45, 7) is 1.52. The average Bonchev–Trinajstić information content (AvgIpc) is 2.45. The first-order valence-corrected chi connectivity index (χ1v) is 7.02. The van der Waals surface area contributed by atoms with Crippen molar-refractivity contribution in [3.05, 3.63) is 35.4 Å². The second-order valence-corrected chi connectivity index (χ2v) is 5.42. The van der Waals surface area contributed by atoms with Crippen LogP contribution in [-0.2, 0) is 15.2 Å². The number of carbonyl (C=O) groups is 2. The molecule has 1 aliphatic rings. The lowest BCUT2D eigenvalue weighted by atomic mass is 9.83. The number of nitrogens with one attached hydrogen (secondary N) is 1. The molecule has 0 radical (unpaired) electrons. The Kier molecular flexibility index (Phi) is 4.75. The van der Waals surface area contributed by atoms with Gasteiger partial charge in [0, 0.05) is 20.0 Å². The average molecular weight is 312 g/mol. The summed E-state index contributed by atoms with van der Waals surface area (Å²) in [5.74, 6) is -2.18. The van der Waals surface area contributed by atoms with Gasteiger partial charge >= 0.3 is 0 Å². The van der Waals surface area contributed by atoms with Crippen LogP contribution in [0.3, 0.4) is 0 Å². The highest BCUT2D eigenvalue weighted by molar-refractivity contribution is 5.83. The van der Waals surface area contributed by atoms with E-state index in [1.54, 1.807) is 0 Å². The van der Waals surface area contributed by atoms with Crippen molar-refractivity contribution in [2.75, 3.05) is 19.6 Å². The number of piperidine rings is 1. The number of amides is 2. The molecule has 7 heteroatoms. The number of benzene rings is 1. The highest BCUT2D eigenvalue weighted by atomic mass is 19.1. The van der Waals surface area contributed by atoms with E-state index in [1.807, 2.05) is 0 Å². The summed E-state index contributed by atoms with van der Waals surface area (Å²) >= 11 is 0. The quantitative estimate of drug-likeness (QED) is 0.872. The molecule has 1 fully saturated rings. The van der Waals surface area contributed by atoms with Gasteiger partial charge in [-0.2, -0.15) is 0 Å². The van der Waals surface area contributed by atoms with E-state index >= 15 is 0 Å². The lowest BCUT2D eigenvalue weighted by molar-refractivity contribution is -0.136. The van der Waals surface area contributed by atoms with Gasteiger partial charge in [-0.1, -0.05) is 6.07 Å². The summed E-state index contributed by atoms with van der Waals surface area (Å²) in [6, 6.07) is 3.44. The molecule has 1 aliphatic heterocycles. The van der Waals surface area contributed by atoms with Crippen molar-refractivity contribution in [2.24, 2.45) is 0 Å². The Morgan fingerprint density at radius 1 is 1.27 bits per heavy atom. The van der Waals surface area contributed by atoms with Crippen molar-refractivity contribution in [1.29, 1.82) is 0 Å². The van der Waals surface area contributed by atoms with Gasteiger partial charge in [0.25, 0.3) is 0 Å². The monoisotopic (exact) mass is 312 g/mol. The first kappa shape index (κ1) is 16.4. The third kappa shape index (κ3) is 3.41. The van der Waals surface area contributed by atoms with Gasteiger partial charge in [-0.15, -0.1) is 0 Å². The molecule has 2 N–H and O–H groups in total. The molecule has 1 aromatic carbocycles. The Morgan fingerprint density at radius 2 is 1.82 bits per heavy atom. The number of halogens is 2. The molecule has 1 aromatic rings. The summed E-state index contributed by atoms with van der Waals surface area (Å²) in [4.78, 5) is 24.1. The predicted octanol–water partition coefficient (Wildman–Crippen LogP) is 0.911. The third-order valence-electron chi connectivity index (χ3n) is 3.86. The van der Waals surface area contributed by atoms with Crippen molar-refractivity contribution in [3.63, 3.8) is 0 Å². The van der Waals surface area contributed by atoms with Crippen molar-refractivity contribution < 1.29 is 23.5 Å². The van der Waals surface area contributed by atoms with Crippen molar-refractivity contribution in [1.82, 2.24) is 10.2 Å². The number of hydrogen-bond donors (Lipinski definition) is 2. The molecule has 1 heterocycles. The molecule has 5 nitrogen and oxygen atoms in total. The minimum atomic E-state index is -1.62. The van der Waals surface area contributed by atoms with E-state index < -0.39 is 17.2 Å². The number of rotatable bonds is 3. The van der Waals surface area contributed by atoms with Gasteiger partial charge in [0.15, 0.2) is 0 Å². The third-order valence-corrected chi connectivity index (χ3v) is 3.86. The highest BCUT2D eigenvalue weighted by Gasteiger charge is 2.39. The normalized spacial score (nSPS) is 17.2. The van der Waals surface area contributed by atoms with Crippen LogP contribution in [0.2, 0.25) is 0 Å². The minimum Gasteiger partial charge on any atom is -0.385 e. The van der Waals surface area contributed by atoms with Gasteiger partial charge in [0.2, 0.25) is 11.8 Å². The van der Waals surface area contributed by atoms with Crippen molar-refractivity contribution in [2.45, 2.75) is 25.4 Å². The zero-order chi connectivity index (χ0) is 16.3. The molecule has 2 rings (SSSR count). The van der Waals surface area contributed by atoms with Gasteiger partial charge in [0.1, 0.15) is 11.6 Å². The van der Waals surface area contributed by atoms with Gasteiger partial charge in [-0.25, -0.2) is 8.78 Å². The fraction of sp³-hybridized carbons (Fsp3) is 0.467. The Bertz CT molecular complexity index is 564. The summed E-state index contributed by atoms with van der Waals surface area (Å²) in [5, 5.41) is 12.9. The van der Waals surface area contributed by atoms with Gasteiger partial charge in [0.05, 0.1) is 17.7 Å². The molecular weight excluding hydrogens is 294 g/mol. The zero-order valence-electron chi connectivity index (χ0n) is 12.2. The van der Waals surface area contributed by atoms with Crippen LogP contribution in [-0.4, -0.2) is 41.5 Å². The number of likely N-dealkylation sites (tertiary alicyclic amines) is 1. The molecule has 0 bridgehead atoms. The van der Waals surface area contributed by atoms with Crippen LogP contribution in [0, 0.1) is 11.6 Å². The second kappa shape index (κ2) is 6.39. The summed E-state index contributed by atoms with van der Waals surface area (Å²) < 4.78 is 27.6. The zero-order valence-corrected chi connectivity index (χ0v) is 12.2.